The topological polar surface area (TPSA) is 76.0 Å². The number of sulfone groups is 1. The number of aliphatic imine (C=N–C) groups is 1. The van der Waals surface area contributed by atoms with Crippen molar-refractivity contribution in [2.24, 2.45) is 16.8 Å². The molecule has 4 rings (SSSR count). The van der Waals surface area contributed by atoms with Gasteiger partial charge >= 0.3 is 0 Å². The van der Waals surface area contributed by atoms with Gasteiger partial charge in [0.1, 0.15) is 6.61 Å². The minimum Gasteiger partial charge on any atom is -0.375 e. The number of hydrogen-bond acceptors (Lipinski definition) is 5. The number of thioether (sulfide) groups is 1. The first kappa shape index (κ1) is 15.9. The summed E-state index contributed by atoms with van der Waals surface area (Å²) in [5, 5.41) is 0.753. The third-order valence-electron chi connectivity index (χ3n) is 5.65. The molecule has 2 aliphatic carbocycles. The van der Waals surface area contributed by atoms with E-state index in [0.717, 1.165) is 17.5 Å². The second-order valence-electron chi connectivity index (χ2n) is 7.17. The molecule has 8 heteroatoms. The number of amides is 1. The lowest BCUT2D eigenvalue weighted by Crippen LogP contribution is -2.47. The Balaban J connectivity index is 1.63. The van der Waals surface area contributed by atoms with Crippen molar-refractivity contribution in [2.75, 3.05) is 25.2 Å². The van der Waals surface area contributed by atoms with Gasteiger partial charge in [-0.1, -0.05) is 18.2 Å². The van der Waals surface area contributed by atoms with Crippen molar-refractivity contribution in [2.45, 2.75) is 43.0 Å². The van der Waals surface area contributed by atoms with Crippen LogP contribution >= 0.6 is 11.8 Å². The van der Waals surface area contributed by atoms with E-state index in [1.54, 1.807) is 0 Å². The monoisotopic (exact) mass is 358 g/mol. The van der Waals surface area contributed by atoms with Gasteiger partial charge in [0, 0.05) is 18.4 Å². The molecule has 0 aromatic carbocycles. The van der Waals surface area contributed by atoms with Gasteiger partial charge in [0.15, 0.2) is 15.0 Å². The van der Waals surface area contributed by atoms with Crippen LogP contribution in [0.25, 0.3) is 0 Å². The third kappa shape index (κ3) is 2.82. The molecule has 0 aromatic rings. The van der Waals surface area contributed by atoms with Gasteiger partial charge in [-0.25, -0.2) is 8.42 Å². The fourth-order valence-electron chi connectivity index (χ4n) is 4.79. The number of carbonyl (C=O) groups is 1. The fraction of sp³-hybridized carbons (Fsp3) is 0.867. The maximum absolute atomic E-state index is 12.0. The highest BCUT2D eigenvalue weighted by atomic mass is 32.2. The summed E-state index contributed by atoms with van der Waals surface area (Å²) in [5.74, 6) is 1.52. The molecule has 4 fully saturated rings. The molecule has 0 unspecified atom stereocenters. The summed E-state index contributed by atoms with van der Waals surface area (Å²) in [6.45, 7) is -0.0255. The molecule has 23 heavy (non-hydrogen) atoms. The van der Waals surface area contributed by atoms with E-state index in [1.165, 1.54) is 38.1 Å². The largest absolute Gasteiger partial charge is 0.375 e. The van der Waals surface area contributed by atoms with Crippen LogP contribution in [0.5, 0.6) is 0 Å². The van der Waals surface area contributed by atoms with Gasteiger partial charge in [-0.3, -0.25) is 4.79 Å². The van der Waals surface area contributed by atoms with Crippen molar-refractivity contribution in [3.63, 3.8) is 0 Å². The Bertz CT molecular complexity index is 648. The molecule has 2 aliphatic heterocycles. The molecule has 2 bridgehead atoms. The van der Waals surface area contributed by atoms with Gasteiger partial charge in [-0.2, -0.15) is 4.99 Å². The van der Waals surface area contributed by atoms with E-state index >= 15 is 0 Å². The summed E-state index contributed by atoms with van der Waals surface area (Å²) in [5.41, 5.74) is 0. The average molecular weight is 358 g/mol. The van der Waals surface area contributed by atoms with Gasteiger partial charge in [-0.05, 0) is 31.1 Å². The number of amidine groups is 1. The first-order valence-corrected chi connectivity index (χ1v) is 10.9. The minimum absolute atomic E-state index is 0.0107. The average Bonchev–Trinajstić information content (AvgIpc) is 3.18. The van der Waals surface area contributed by atoms with Crippen LogP contribution in [0.4, 0.5) is 0 Å². The van der Waals surface area contributed by atoms with Crippen LogP contribution in [0.1, 0.15) is 25.7 Å². The Hall–Kier alpha value is -0.600. The van der Waals surface area contributed by atoms with E-state index in [4.69, 9.17) is 4.74 Å². The Labute approximate surface area is 141 Å². The molecule has 2 saturated carbocycles. The number of fused-ring (bicyclic) bond motifs is 3. The van der Waals surface area contributed by atoms with Gasteiger partial charge < -0.3 is 9.64 Å². The maximum atomic E-state index is 12.0. The van der Waals surface area contributed by atoms with Crippen molar-refractivity contribution in [3.05, 3.63) is 0 Å². The van der Waals surface area contributed by atoms with Crippen molar-refractivity contribution < 1.29 is 17.9 Å². The van der Waals surface area contributed by atoms with Gasteiger partial charge in [-0.15, -0.1) is 0 Å². The predicted octanol–water partition coefficient (Wildman–Crippen LogP) is 0.918. The van der Waals surface area contributed by atoms with E-state index in [9.17, 15) is 13.2 Å². The summed E-state index contributed by atoms with van der Waals surface area (Å²) in [6.07, 6.45) is 4.88. The zero-order valence-electron chi connectivity index (χ0n) is 13.2. The highest BCUT2D eigenvalue weighted by Gasteiger charge is 2.54. The molecule has 0 spiro atoms. The van der Waals surface area contributed by atoms with Crippen LogP contribution in [0.15, 0.2) is 4.99 Å². The number of methoxy groups -OCH3 is 1. The third-order valence-corrected chi connectivity index (χ3v) is 8.88. The Morgan fingerprint density at radius 3 is 2.78 bits per heavy atom. The first-order valence-electron chi connectivity index (χ1n) is 8.22. The summed E-state index contributed by atoms with van der Waals surface area (Å²) < 4.78 is 28.9. The smallest absolute Gasteiger partial charge is 0.274 e. The van der Waals surface area contributed by atoms with Crippen molar-refractivity contribution in [1.82, 2.24) is 4.90 Å². The molecule has 1 amide bonds. The number of nitrogens with zero attached hydrogens (tertiary/aromatic N) is 2. The highest BCUT2D eigenvalue weighted by molar-refractivity contribution is 8.15. The lowest BCUT2D eigenvalue weighted by atomic mass is 9.93. The van der Waals surface area contributed by atoms with Crippen molar-refractivity contribution in [1.29, 1.82) is 0 Å². The SMILES string of the molecule is COCC(=O)N=C1S[C@@H]2CS(=O)(=O)C[C@H]2N1[C@H]1C[C@H]2CC[C@H]1C2. The fourth-order valence-corrected chi connectivity index (χ4v) is 8.78. The van der Waals surface area contributed by atoms with Crippen LogP contribution < -0.4 is 0 Å². The van der Waals surface area contributed by atoms with Crippen molar-refractivity contribution in [3.8, 4) is 0 Å². The quantitative estimate of drug-likeness (QED) is 0.747. The Morgan fingerprint density at radius 2 is 2.13 bits per heavy atom. The summed E-state index contributed by atoms with van der Waals surface area (Å²) in [7, 11) is -1.49. The predicted molar refractivity (Wildman–Crippen MR) is 89.2 cm³/mol. The van der Waals surface area contributed by atoms with E-state index in [2.05, 4.69) is 9.89 Å². The van der Waals surface area contributed by atoms with E-state index in [0.29, 0.717) is 12.0 Å². The first-order chi connectivity index (χ1) is 11.0. The van der Waals surface area contributed by atoms with Crippen LogP contribution in [-0.2, 0) is 19.4 Å². The van der Waals surface area contributed by atoms with E-state index < -0.39 is 9.84 Å². The molecule has 6 nitrogen and oxygen atoms in total. The highest BCUT2D eigenvalue weighted by Crippen LogP contribution is 2.51. The number of carbonyl (C=O) groups excluding carboxylic acids is 1. The molecule has 2 saturated heterocycles. The van der Waals surface area contributed by atoms with Crippen molar-refractivity contribution >= 4 is 32.7 Å². The molecule has 4 aliphatic rings. The lowest BCUT2D eigenvalue weighted by molar-refractivity contribution is -0.121. The summed E-state index contributed by atoms with van der Waals surface area (Å²) in [4.78, 5) is 18.4. The molecular formula is C15H22N2O4S2. The molecular weight excluding hydrogens is 336 g/mol. The Kier molecular flexibility index (Phi) is 3.97. The maximum Gasteiger partial charge on any atom is 0.274 e. The van der Waals surface area contributed by atoms with Gasteiger partial charge in [0.25, 0.3) is 5.91 Å². The standard InChI is InChI=1S/C15H22N2O4S2/c1-21-6-14(18)16-15-17(11-5-9-2-3-10(11)4-9)12-7-23(19,20)8-13(12)22-15/h9-13H,2-8H2,1H3/t9-,10-,11-,12+,13+/m0/s1. The molecule has 5 atom stereocenters. The van der Waals surface area contributed by atoms with E-state index in [-0.39, 0.29) is 35.3 Å². The van der Waals surface area contributed by atoms with Crippen LogP contribution in [0, 0.1) is 11.8 Å². The van der Waals surface area contributed by atoms with Crippen LogP contribution in [0.3, 0.4) is 0 Å². The molecule has 128 valence electrons. The van der Waals surface area contributed by atoms with Gasteiger partial charge in [0.2, 0.25) is 0 Å². The molecule has 0 N–H and O–H groups in total. The Morgan fingerprint density at radius 1 is 1.30 bits per heavy atom. The normalized spacial score (nSPS) is 42.6. The van der Waals surface area contributed by atoms with Crippen LogP contribution in [0.2, 0.25) is 0 Å². The lowest BCUT2D eigenvalue weighted by Gasteiger charge is -2.36. The van der Waals surface area contributed by atoms with Gasteiger partial charge in [0.05, 0.1) is 17.5 Å². The molecule has 0 radical (unpaired) electrons. The zero-order valence-corrected chi connectivity index (χ0v) is 14.8. The molecule has 0 aromatic heterocycles. The number of hydrogen-bond donors (Lipinski definition) is 0. The van der Waals surface area contributed by atoms with Crippen LogP contribution in [-0.4, -0.2) is 66.9 Å². The second-order valence-corrected chi connectivity index (χ2v) is 10.5. The number of ether oxygens (including phenoxy) is 1. The molecule has 2 heterocycles. The second kappa shape index (κ2) is 5.74. The number of rotatable bonds is 3. The summed E-state index contributed by atoms with van der Waals surface area (Å²) >= 11 is 1.48. The minimum atomic E-state index is -2.97. The van der Waals surface area contributed by atoms with E-state index in [1.807, 2.05) is 0 Å². The summed E-state index contributed by atoms with van der Waals surface area (Å²) in [6, 6.07) is 0.349. The zero-order chi connectivity index (χ0) is 16.2.